The topological polar surface area (TPSA) is 43.8 Å². The molecule has 0 aromatic heterocycles. The molecule has 0 spiro atoms. The maximum absolute atomic E-state index is 10.8. The number of aliphatic carboxylic acids is 1. The third-order valence-electron chi connectivity index (χ3n) is 4.42. The van der Waals surface area contributed by atoms with Gasteiger partial charge in [0.05, 0.1) is 6.54 Å². The van der Waals surface area contributed by atoms with Crippen LogP contribution in [-0.2, 0) is 11.2 Å². The summed E-state index contributed by atoms with van der Waals surface area (Å²) in [5.41, 5.74) is 1.33. The standard InChI is InChI=1S/C17H25ClN2O2.ClH/c1-19(13-17(21)22)16-8-11-20(12-9-16)10-2-3-14-4-6-15(18)7-5-14;/h4-7,16H,2-3,8-13H2,1H3,(H,21,22);1H. The van der Waals surface area contributed by atoms with Crippen molar-refractivity contribution in [2.45, 2.75) is 31.7 Å². The van der Waals surface area contributed by atoms with Crippen LogP contribution in [-0.4, -0.2) is 60.1 Å². The highest BCUT2D eigenvalue weighted by molar-refractivity contribution is 6.30. The lowest BCUT2D eigenvalue weighted by Crippen LogP contribution is -2.45. The number of hydrogen-bond donors (Lipinski definition) is 1. The van der Waals surface area contributed by atoms with E-state index in [9.17, 15) is 4.79 Å². The summed E-state index contributed by atoms with van der Waals surface area (Å²) < 4.78 is 0. The Bertz CT molecular complexity index is 474. The van der Waals surface area contributed by atoms with E-state index in [1.54, 1.807) is 0 Å². The van der Waals surface area contributed by atoms with Crippen molar-refractivity contribution in [2.24, 2.45) is 0 Å². The fourth-order valence-corrected chi connectivity index (χ4v) is 3.21. The van der Waals surface area contributed by atoms with Crippen molar-refractivity contribution in [2.75, 3.05) is 33.2 Å². The van der Waals surface area contributed by atoms with Crippen molar-refractivity contribution in [3.8, 4) is 0 Å². The van der Waals surface area contributed by atoms with E-state index >= 15 is 0 Å². The van der Waals surface area contributed by atoms with Crippen molar-refractivity contribution in [1.29, 1.82) is 0 Å². The lowest BCUT2D eigenvalue weighted by atomic mass is 10.0. The van der Waals surface area contributed by atoms with Crippen LogP contribution in [0.25, 0.3) is 0 Å². The fraction of sp³-hybridized carbons (Fsp3) is 0.588. The Hall–Kier alpha value is -0.810. The van der Waals surface area contributed by atoms with E-state index in [-0.39, 0.29) is 19.0 Å². The summed E-state index contributed by atoms with van der Waals surface area (Å²) in [5.74, 6) is -0.743. The molecule has 1 saturated heterocycles. The molecule has 23 heavy (non-hydrogen) atoms. The van der Waals surface area contributed by atoms with Crippen LogP contribution in [0.3, 0.4) is 0 Å². The monoisotopic (exact) mass is 360 g/mol. The van der Waals surface area contributed by atoms with Gasteiger partial charge in [0.15, 0.2) is 0 Å². The van der Waals surface area contributed by atoms with Crippen molar-refractivity contribution in [1.82, 2.24) is 9.80 Å². The molecule has 1 heterocycles. The number of benzene rings is 1. The zero-order valence-electron chi connectivity index (χ0n) is 13.6. The number of hydrogen-bond acceptors (Lipinski definition) is 3. The molecule has 0 saturated carbocycles. The van der Waals surface area contributed by atoms with Gasteiger partial charge < -0.3 is 10.0 Å². The summed E-state index contributed by atoms with van der Waals surface area (Å²) in [5, 5.41) is 9.64. The van der Waals surface area contributed by atoms with E-state index in [0.29, 0.717) is 6.04 Å². The number of rotatable bonds is 7. The Labute approximate surface area is 149 Å². The van der Waals surface area contributed by atoms with Crippen LogP contribution in [0.15, 0.2) is 24.3 Å². The van der Waals surface area contributed by atoms with Crippen LogP contribution < -0.4 is 0 Å². The summed E-state index contributed by atoms with van der Waals surface area (Å²) >= 11 is 5.89. The normalized spacial score (nSPS) is 16.3. The number of carbonyl (C=O) groups is 1. The van der Waals surface area contributed by atoms with Gasteiger partial charge in [-0.15, -0.1) is 12.4 Å². The minimum Gasteiger partial charge on any atom is -0.480 e. The van der Waals surface area contributed by atoms with E-state index in [1.807, 2.05) is 24.1 Å². The van der Waals surface area contributed by atoms with E-state index in [4.69, 9.17) is 16.7 Å². The summed E-state index contributed by atoms with van der Waals surface area (Å²) in [7, 11) is 1.91. The van der Waals surface area contributed by atoms with Gasteiger partial charge in [0.1, 0.15) is 0 Å². The molecule has 1 aromatic rings. The molecule has 1 aromatic carbocycles. The van der Waals surface area contributed by atoms with Gasteiger partial charge in [0.25, 0.3) is 0 Å². The van der Waals surface area contributed by atoms with Gasteiger partial charge >= 0.3 is 5.97 Å². The number of nitrogens with zero attached hydrogens (tertiary/aromatic N) is 2. The quantitative estimate of drug-likeness (QED) is 0.810. The van der Waals surface area contributed by atoms with Crippen LogP contribution in [0.1, 0.15) is 24.8 Å². The van der Waals surface area contributed by atoms with Crippen LogP contribution in [0.5, 0.6) is 0 Å². The van der Waals surface area contributed by atoms with Crippen molar-refractivity contribution >= 4 is 30.0 Å². The molecular formula is C17H26Cl2N2O2. The highest BCUT2D eigenvalue weighted by Crippen LogP contribution is 2.16. The molecule has 0 radical (unpaired) electrons. The predicted octanol–water partition coefficient (Wildman–Crippen LogP) is 3.18. The Morgan fingerprint density at radius 2 is 1.91 bits per heavy atom. The predicted molar refractivity (Wildman–Crippen MR) is 96.7 cm³/mol. The molecule has 0 bridgehead atoms. The Morgan fingerprint density at radius 3 is 2.48 bits per heavy atom. The molecule has 6 heteroatoms. The molecule has 0 atom stereocenters. The molecule has 4 nitrogen and oxygen atoms in total. The van der Waals surface area contributed by atoms with Gasteiger partial charge in [0, 0.05) is 11.1 Å². The lowest BCUT2D eigenvalue weighted by molar-refractivity contribution is -0.138. The summed E-state index contributed by atoms with van der Waals surface area (Å²) in [4.78, 5) is 15.2. The second-order valence-corrected chi connectivity index (χ2v) is 6.55. The molecule has 1 aliphatic rings. The van der Waals surface area contributed by atoms with Crippen LogP contribution in [0.2, 0.25) is 5.02 Å². The first-order chi connectivity index (χ1) is 10.5. The van der Waals surface area contributed by atoms with Gasteiger partial charge in [0.2, 0.25) is 0 Å². The van der Waals surface area contributed by atoms with Gasteiger partial charge in [-0.25, -0.2) is 0 Å². The van der Waals surface area contributed by atoms with Gasteiger partial charge in [-0.3, -0.25) is 9.69 Å². The summed E-state index contributed by atoms with van der Waals surface area (Å²) in [6.45, 7) is 3.38. The maximum atomic E-state index is 10.8. The average molecular weight is 361 g/mol. The summed E-state index contributed by atoms with van der Waals surface area (Å²) in [6, 6.07) is 8.48. The number of piperidine rings is 1. The maximum Gasteiger partial charge on any atom is 0.317 e. The number of carboxylic acid groups (broad SMARTS) is 1. The summed E-state index contributed by atoms with van der Waals surface area (Å²) in [6.07, 6.45) is 4.35. The molecule has 1 aliphatic heterocycles. The van der Waals surface area contributed by atoms with Crippen LogP contribution >= 0.6 is 24.0 Å². The molecular weight excluding hydrogens is 335 g/mol. The second-order valence-electron chi connectivity index (χ2n) is 6.11. The van der Waals surface area contributed by atoms with Gasteiger partial charge in [-0.2, -0.15) is 0 Å². The first-order valence-corrected chi connectivity index (χ1v) is 8.31. The Balaban J connectivity index is 0.00000264. The number of likely N-dealkylation sites (tertiary alicyclic amines) is 1. The smallest absolute Gasteiger partial charge is 0.317 e. The first-order valence-electron chi connectivity index (χ1n) is 7.93. The van der Waals surface area contributed by atoms with Crippen molar-refractivity contribution < 1.29 is 9.90 Å². The minimum absolute atomic E-state index is 0. The third-order valence-corrected chi connectivity index (χ3v) is 4.67. The van der Waals surface area contributed by atoms with Gasteiger partial charge in [-0.1, -0.05) is 23.7 Å². The fourth-order valence-electron chi connectivity index (χ4n) is 3.08. The molecule has 0 unspecified atom stereocenters. The largest absolute Gasteiger partial charge is 0.480 e. The highest BCUT2D eigenvalue weighted by Gasteiger charge is 2.23. The van der Waals surface area contributed by atoms with E-state index < -0.39 is 5.97 Å². The SMILES string of the molecule is CN(CC(=O)O)C1CCN(CCCc2ccc(Cl)cc2)CC1.Cl. The molecule has 1 fully saturated rings. The van der Waals surface area contributed by atoms with E-state index in [0.717, 1.165) is 50.3 Å². The van der Waals surface area contributed by atoms with E-state index in [1.165, 1.54) is 5.56 Å². The first kappa shape index (κ1) is 20.2. The molecule has 0 amide bonds. The van der Waals surface area contributed by atoms with Crippen LogP contribution in [0.4, 0.5) is 0 Å². The highest BCUT2D eigenvalue weighted by atomic mass is 35.5. The van der Waals surface area contributed by atoms with E-state index in [2.05, 4.69) is 17.0 Å². The molecule has 1 N–H and O–H groups in total. The molecule has 0 aliphatic carbocycles. The molecule has 2 rings (SSSR count). The second kappa shape index (κ2) is 10.1. The van der Waals surface area contributed by atoms with Crippen LogP contribution in [0, 0.1) is 0 Å². The number of likely N-dealkylation sites (N-methyl/N-ethyl adjacent to an activating group) is 1. The Morgan fingerprint density at radius 1 is 1.30 bits per heavy atom. The Kier molecular flexibility index (Phi) is 8.92. The van der Waals surface area contributed by atoms with Crippen molar-refractivity contribution in [3.05, 3.63) is 34.9 Å². The minimum atomic E-state index is -0.743. The van der Waals surface area contributed by atoms with Crippen molar-refractivity contribution in [3.63, 3.8) is 0 Å². The average Bonchev–Trinajstić information content (AvgIpc) is 2.49. The number of carboxylic acids is 1. The lowest BCUT2D eigenvalue weighted by Gasteiger charge is -2.36. The zero-order chi connectivity index (χ0) is 15.9. The third kappa shape index (κ3) is 7.08. The van der Waals surface area contributed by atoms with Gasteiger partial charge in [-0.05, 0) is 70.1 Å². The number of halogens is 2. The molecule has 130 valence electrons. The number of aryl methyl sites for hydroxylation is 1. The zero-order valence-corrected chi connectivity index (χ0v) is 15.2.